The molecule has 0 spiro atoms. The molecular formula is C25H18ClFN4O4. The van der Waals surface area contributed by atoms with Crippen molar-refractivity contribution in [3.05, 3.63) is 86.9 Å². The van der Waals surface area contributed by atoms with Crippen molar-refractivity contribution in [3.8, 4) is 16.9 Å². The molecule has 0 aliphatic heterocycles. The summed E-state index contributed by atoms with van der Waals surface area (Å²) >= 11 is 6.48. The lowest BCUT2D eigenvalue weighted by Crippen LogP contribution is -2.14. The van der Waals surface area contributed by atoms with Crippen LogP contribution in [0.25, 0.3) is 33.1 Å². The third-order valence-electron chi connectivity index (χ3n) is 5.83. The maximum absolute atomic E-state index is 14.6. The summed E-state index contributed by atoms with van der Waals surface area (Å²) in [6.07, 6.45) is 1.44. The molecule has 0 saturated heterocycles. The average Bonchev–Trinajstić information content (AvgIpc) is 3.12. The third-order valence-corrected chi connectivity index (χ3v) is 6.16. The molecule has 0 saturated carbocycles. The van der Waals surface area contributed by atoms with E-state index in [0.717, 1.165) is 5.39 Å². The number of carbonyl (C=O) groups is 1. The molecule has 5 aromatic rings. The number of aromatic carboxylic acids is 1. The van der Waals surface area contributed by atoms with Crippen molar-refractivity contribution in [3.63, 3.8) is 0 Å². The van der Waals surface area contributed by atoms with Gasteiger partial charge in [-0.2, -0.15) is 0 Å². The van der Waals surface area contributed by atoms with E-state index in [4.69, 9.17) is 16.3 Å². The van der Waals surface area contributed by atoms with E-state index in [9.17, 15) is 19.1 Å². The minimum Gasteiger partial charge on any atom is -0.497 e. The Balaban J connectivity index is 1.80. The molecule has 2 N–H and O–H groups in total. The summed E-state index contributed by atoms with van der Waals surface area (Å²) in [6.45, 7) is 1.44. The normalized spacial score (nSPS) is 11.3. The number of rotatable bonds is 5. The number of nitrogens with one attached hydrogen (secondary N) is 1. The summed E-state index contributed by atoms with van der Waals surface area (Å²) in [7, 11) is 1.55. The van der Waals surface area contributed by atoms with Crippen LogP contribution >= 0.6 is 11.6 Å². The first-order valence-corrected chi connectivity index (χ1v) is 10.9. The molecule has 0 amide bonds. The van der Waals surface area contributed by atoms with Crippen LogP contribution in [0.5, 0.6) is 5.75 Å². The number of ether oxygens (including phenoxy) is 1. The van der Waals surface area contributed by atoms with Gasteiger partial charge in [0.25, 0.3) is 5.56 Å². The fourth-order valence-electron chi connectivity index (χ4n) is 4.16. The first-order valence-electron chi connectivity index (χ1n) is 10.5. The zero-order chi connectivity index (χ0) is 24.9. The van der Waals surface area contributed by atoms with Gasteiger partial charge >= 0.3 is 5.97 Å². The lowest BCUT2D eigenvalue weighted by molar-refractivity contribution is 0.0687. The van der Waals surface area contributed by atoms with Gasteiger partial charge in [0.1, 0.15) is 22.4 Å². The quantitative estimate of drug-likeness (QED) is 0.341. The number of carboxylic acid groups (broad SMARTS) is 1. The first-order chi connectivity index (χ1) is 16.8. The van der Waals surface area contributed by atoms with Crippen LogP contribution < -0.4 is 10.3 Å². The Bertz CT molecular complexity index is 1710. The number of methoxy groups -OCH3 is 1. The van der Waals surface area contributed by atoms with Gasteiger partial charge in [-0.15, -0.1) is 0 Å². The number of nitrogens with zero attached hydrogens (tertiary/aromatic N) is 3. The van der Waals surface area contributed by atoms with Crippen molar-refractivity contribution in [2.45, 2.75) is 13.5 Å². The highest BCUT2D eigenvalue weighted by Crippen LogP contribution is 2.35. The zero-order valence-electron chi connectivity index (χ0n) is 18.6. The van der Waals surface area contributed by atoms with E-state index in [1.54, 1.807) is 31.4 Å². The Morgan fingerprint density at radius 2 is 2.03 bits per heavy atom. The smallest absolute Gasteiger partial charge is 0.353 e. The van der Waals surface area contributed by atoms with Crippen LogP contribution in [-0.4, -0.2) is 37.7 Å². The predicted octanol–water partition coefficient (Wildman–Crippen LogP) is 4.80. The van der Waals surface area contributed by atoms with Gasteiger partial charge in [0.15, 0.2) is 0 Å². The number of halogens is 2. The van der Waals surface area contributed by atoms with Gasteiger partial charge in [0.2, 0.25) is 0 Å². The van der Waals surface area contributed by atoms with Gasteiger partial charge in [-0.25, -0.2) is 19.2 Å². The van der Waals surface area contributed by atoms with Gasteiger partial charge in [0.05, 0.1) is 41.5 Å². The molecule has 5 rings (SSSR count). The molecule has 0 aliphatic carbocycles. The summed E-state index contributed by atoms with van der Waals surface area (Å²) in [4.78, 5) is 36.4. The number of carboxylic acids is 1. The summed E-state index contributed by atoms with van der Waals surface area (Å²) in [5.41, 5.74) is 1.14. The Labute approximate surface area is 202 Å². The highest BCUT2D eigenvalue weighted by Gasteiger charge is 2.27. The van der Waals surface area contributed by atoms with Crippen molar-refractivity contribution in [2.75, 3.05) is 7.11 Å². The van der Waals surface area contributed by atoms with Gasteiger partial charge in [-0.3, -0.25) is 4.79 Å². The zero-order valence-corrected chi connectivity index (χ0v) is 19.4. The minimum atomic E-state index is -1.30. The molecule has 0 aliphatic rings. The molecule has 0 atom stereocenters. The molecule has 1 aromatic carbocycles. The van der Waals surface area contributed by atoms with Crippen molar-refractivity contribution < 1.29 is 19.0 Å². The fraction of sp³-hybridized carbons (Fsp3) is 0.120. The van der Waals surface area contributed by atoms with Crippen LogP contribution in [0.2, 0.25) is 5.15 Å². The molecule has 0 radical (unpaired) electrons. The lowest BCUT2D eigenvalue weighted by Gasteiger charge is -2.12. The molecular weight excluding hydrogens is 475 g/mol. The molecule has 4 aromatic heterocycles. The molecule has 0 fully saturated rings. The second-order valence-electron chi connectivity index (χ2n) is 7.95. The van der Waals surface area contributed by atoms with E-state index >= 15 is 0 Å². The summed E-state index contributed by atoms with van der Waals surface area (Å²) < 4.78 is 21.2. The van der Waals surface area contributed by atoms with E-state index in [1.807, 2.05) is 6.07 Å². The number of hydrogen-bond acceptors (Lipinski definition) is 5. The number of aromatic nitrogens is 4. The van der Waals surface area contributed by atoms with E-state index < -0.39 is 17.3 Å². The Kier molecular flexibility index (Phi) is 5.49. The summed E-state index contributed by atoms with van der Waals surface area (Å²) in [5, 5.41) is 11.1. The van der Waals surface area contributed by atoms with Crippen LogP contribution in [-0.2, 0) is 6.54 Å². The number of aryl methyl sites for hydroxylation is 1. The van der Waals surface area contributed by atoms with Crippen LogP contribution in [0.3, 0.4) is 0 Å². The number of fused-ring (bicyclic) bond motifs is 2. The Hall–Kier alpha value is -4.24. The summed E-state index contributed by atoms with van der Waals surface area (Å²) in [5.74, 6) is -1.28. The second kappa shape index (κ2) is 8.52. The van der Waals surface area contributed by atoms with Gasteiger partial charge in [0, 0.05) is 34.8 Å². The van der Waals surface area contributed by atoms with E-state index in [1.165, 1.54) is 29.8 Å². The number of benzene rings is 1. The molecule has 0 unspecified atom stereocenters. The number of H-pyrrole nitrogens is 1. The number of aromatic amines is 1. The van der Waals surface area contributed by atoms with Crippen LogP contribution in [0, 0.1) is 12.7 Å². The monoisotopic (exact) mass is 492 g/mol. The number of hydrogen-bond donors (Lipinski definition) is 2. The Morgan fingerprint density at radius 1 is 1.23 bits per heavy atom. The van der Waals surface area contributed by atoms with Gasteiger partial charge in [-0.05, 0) is 37.3 Å². The molecule has 4 heterocycles. The van der Waals surface area contributed by atoms with Gasteiger partial charge < -0.3 is 19.4 Å². The second-order valence-corrected chi connectivity index (χ2v) is 8.31. The van der Waals surface area contributed by atoms with Crippen LogP contribution in [0.15, 0.2) is 53.5 Å². The van der Waals surface area contributed by atoms with E-state index in [-0.39, 0.29) is 45.2 Å². The maximum Gasteiger partial charge on any atom is 0.353 e. The molecule has 0 bridgehead atoms. The molecule has 10 heteroatoms. The van der Waals surface area contributed by atoms with Crippen molar-refractivity contribution in [1.29, 1.82) is 0 Å². The largest absolute Gasteiger partial charge is 0.497 e. The van der Waals surface area contributed by atoms with Gasteiger partial charge in [-0.1, -0.05) is 11.6 Å². The highest BCUT2D eigenvalue weighted by atomic mass is 35.5. The Morgan fingerprint density at radius 3 is 2.74 bits per heavy atom. The van der Waals surface area contributed by atoms with Crippen LogP contribution in [0.4, 0.5) is 4.39 Å². The predicted molar refractivity (Wildman–Crippen MR) is 130 cm³/mol. The summed E-state index contributed by atoms with van der Waals surface area (Å²) in [6, 6.07) is 11.4. The SMILES string of the molecule is COc1ccc2cc(Cn3c(C(=O)O)c(-c4ccc[nH]c4=O)c4nc(C)c(F)cc43)c(Cl)nc2c1. The first kappa shape index (κ1) is 22.5. The highest BCUT2D eigenvalue weighted by molar-refractivity contribution is 6.30. The molecule has 176 valence electrons. The minimum absolute atomic E-state index is 0.0408. The fourth-order valence-corrected chi connectivity index (χ4v) is 4.37. The average molecular weight is 493 g/mol. The standard InChI is InChI=1S/C25H18ClFN4O4/c1-12-17(27)10-19-21(29-12)20(16-4-3-7-28-24(16)32)22(25(33)34)31(19)11-14-8-13-5-6-15(35-2)9-18(13)30-23(14)26/h3-10H,11H2,1-2H3,(H,28,32)(H,33,34). The number of pyridine rings is 3. The van der Waals surface area contributed by atoms with Crippen LogP contribution in [0.1, 0.15) is 21.7 Å². The van der Waals surface area contributed by atoms with Crippen molar-refractivity contribution in [1.82, 2.24) is 19.5 Å². The molecule has 8 nitrogen and oxygen atoms in total. The maximum atomic E-state index is 14.6. The van der Waals surface area contributed by atoms with E-state index in [2.05, 4.69) is 15.0 Å². The topological polar surface area (TPSA) is 110 Å². The third kappa shape index (κ3) is 3.79. The molecule has 35 heavy (non-hydrogen) atoms. The van der Waals surface area contributed by atoms with E-state index in [0.29, 0.717) is 16.8 Å². The van der Waals surface area contributed by atoms with Crippen molar-refractivity contribution in [2.24, 2.45) is 0 Å². The lowest BCUT2D eigenvalue weighted by atomic mass is 10.1. The van der Waals surface area contributed by atoms with Crippen molar-refractivity contribution >= 4 is 39.5 Å².